The summed E-state index contributed by atoms with van der Waals surface area (Å²) < 4.78 is 37.4. The van der Waals surface area contributed by atoms with Crippen LogP contribution < -0.4 is 10.3 Å². The van der Waals surface area contributed by atoms with Crippen molar-refractivity contribution >= 4 is 38.4 Å². The number of carbonyl (C=O) groups excluding carboxylic acids is 1. The fraction of sp³-hybridized carbons (Fsp3) is 0. The number of rotatable bonds is 4. The number of halogens is 2. The van der Waals surface area contributed by atoms with Gasteiger partial charge in [-0.1, -0.05) is 35.9 Å². The lowest BCUT2D eigenvalue weighted by atomic mass is 10.2. The van der Waals surface area contributed by atoms with Gasteiger partial charge in [-0.2, -0.15) is 0 Å². The van der Waals surface area contributed by atoms with Gasteiger partial charge in [-0.3, -0.25) is 10.2 Å². The summed E-state index contributed by atoms with van der Waals surface area (Å²) in [5, 5.41) is 0.506. The van der Waals surface area contributed by atoms with Gasteiger partial charge in [0.25, 0.3) is 15.9 Å². The number of hydrogen-bond acceptors (Lipinski definition) is 4. The lowest BCUT2D eigenvalue weighted by Crippen LogP contribution is -2.41. The molecule has 0 radical (unpaired) electrons. The molecule has 9 heteroatoms. The minimum Gasteiger partial charge on any atom is -0.272 e. The van der Waals surface area contributed by atoms with Crippen LogP contribution in [0.1, 0.15) is 10.5 Å². The molecule has 0 unspecified atom stereocenters. The van der Waals surface area contributed by atoms with Crippen LogP contribution in [0.2, 0.25) is 5.02 Å². The minimum atomic E-state index is -4.11. The molecule has 1 amide bonds. The number of fused-ring (bicyclic) bond motifs is 1. The molecule has 3 aromatic rings. The molecule has 25 heavy (non-hydrogen) atoms. The Hall–Kier alpha value is -2.55. The lowest BCUT2D eigenvalue weighted by Gasteiger charge is -2.09. The van der Waals surface area contributed by atoms with Crippen LogP contribution in [0.5, 0.6) is 0 Å². The van der Waals surface area contributed by atoms with Crippen molar-refractivity contribution in [1.82, 2.24) is 15.2 Å². The van der Waals surface area contributed by atoms with Gasteiger partial charge in [-0.05, 0) is 30.3 Å². The van der Waals surface area contributed by atoms with E-state index in [9.17, 15) is 17.6 Å². The molecule has 1 aromatic heterocycles. The Morgan fingerprint density at radius 3 is 2.60 bits per heavy atom. The molecule has 0 atom stereocenters. The average molecular weight is 380 g/mol. The highest BCUT2D eigenvalue weighted by Crippen LogP contribution is 2.19. The number of nitrogens with one attached hydrogen (secondary N) is 2. The van der Waals surface area contributed by atoms with E-state index < -0.39 is 21.7 Å². The molecule has 0 aliphatic carbocycles. The fourth-order valence-electron chi connectivity index (χ4n) is 2.07. The first-order chi connectivity index (χ1) is 11.9. The molecular formula is C16H11ClFN3O3S. The van der Waals surface area contributed by atoms with Crippen molar-refractivity contribution in [3.05, 3.63) is 71.1 Å². The second-order valence-electron chi connectivity index (χ2n) is 5.02. The topological polar surface area (TPSA) is 88.2 Å². The van der Waals surface area contributed by atoms with Gasteiger partial charge in [-0.15, -0.1) is 4.83 Å². The Morgan fingerprint density at radius 2 is 1.84 bits per heavy atom. The maximum Gasteiger partial charge on any atom is 0.284 e. The van der Waals surface area contributed by atoms with Gasteiger partial charge in [0.05, 0.1) is 15.4 Å². The van der Waals surface area contributed by atoms with Gasteiger partial charge in [0.1, 0.15) is 11.5 Å². The first-order valence-electron chi connectivity index (χ1n) is 7.00. The van der Waals surface area contributed by atoms with Crippen molar-refractivity contribution < 1.29 is 17.6 Å². The molecule has 0 aliphatic heterocycles. The van der Waals surface area contributed by atoms with Crippen LogP contribution >= 0.6 is 11.6 Å². The van der Waals surface area contributed by atoms with Crippen molar-refractivity contribution in [1.29, 1.82) is 0 Å². The van der Waals surface area contributed by atoms with Gasteiger partial charge in [0.15, 0.2) is 0 Å². The van der Waals surface area contributed by atoms with E-state index >= 15 is 0 Å². The number of benzene rings is 2. The average Bonchev–Trinajstić information content (AvgIpc) is 2.61. The molecule has 1 heterocycles. The molecule has 2 aromatic carbocycles. The summed E-state index contributed by atoms with van der Waals surface area (Å²) in [6, 6.07) is 13.3. The van der Waals surface area contributed by atoms with Crippen molar-refractivity contribution in [2.24, 2.45) is 0 Å². The molecular weight excluding hydrogens is 369 g/mol. The maximum atomic E-state index is 13.1. The van der Waals surface area contributed by atoms with Crippen molar-refractivity contribution in [2.75, 3.05) is 0 Å². The zero-order valence-corrected chi connectivity index (χ0v) is 14.1. The third kappa shape index (κ3) is 3.76. The molecule has 0 saturated carbocycles. The SMILES string of the molecule is O=C(NNS(=O)(=O)c1ccc(F)c(Cl)c1)c1ccc2ccccc2n1. The maximum absolute atomic E-state index is 13.1. The highest BCUT2D eigenvalue weighted by atomic mass is 35.5. The Labute approximate surface area is 147 Å². The van der Waals surface area contributed by atoms with E-state index in [1.807, 2.05) is 17.0 Å². The van der Waals surface area contributed by atoms with E-state index in [0.717, 1.165) is 23.6 Å². The van der Waals surface area contributed by atoms with E-state index in [1.165, 1.54) is 6.07 Å². The smallest absolute Gasteiger partial charge is 0.272 e. The molecule has 0 saturated heterocycles. The third-order valence-corrected chi connectivity index (χ3v) is 4.87. The standard InChI is InChI=1S/C16H11ClFN3O3S/c17-12-9-11(6-7-13(12)18)25(23,24)21-20-16(22)15-8-5-10-3-1-2-4-14(10)19-15/h1-9,21H,(H,20,22). The quantitative estimate of drug-likeness (QED) is 0.682. The Bertz CT molecular complexity index is 1070. The summed E-state index contributed by atoms with van der Waals surface area (Å²) in [6.07, 6.45) is 0. The van der Waals surface area contributed by atoms with Gasteiger partial charge >= 0.3 is 0 Å². The third-order valence-electron chi connectivity index (χ3n) is 3.33. The molecule has 0 aliphatic rings. The van der Waals surface area contributed by atoms with Gasteiger partial charge in [0.2, 0.25) is 0 Å². The van der Waals surface area contributed by atoms with Crippen LogP contribution in [0, 0.1) is 5.82 Å². The minimum absolute atomic E-state index is 0.0403. The Morgan fingerprint density at radius 1 is 1.08 bits per heavy atom. The Kier molecular flexibility index (Phi) is 4.67. The number of sulfonamides is 1. The van der Waals surface area contributed by atoms with Crippen LogP contribution in [0.3, 0.4) is 0 Å². The largest absolute Gasteiger partial charge is 0.284 e. The zero-order valence-electron chi connectivity index (χ0n) is 12.5. The number of pyridine rings is 1. The molecule has 3 rings (SSSR count). The summed E-state index contributed by atoms with van der Waals surface area (Å²) in [6.45, 7) is 0. The number of carbonyl (C=O) groups is 1. The molecule has 0 spiro atoms. The molecule has 0 bridgehead atoms. The number of aromatic nitrogens is 1. The van der Waals surface area contributed by atoms with Crippen molar-refractivity contribution in [3.63, 3.8) is 0 Å². The highest BCUT2D eigenvalue weighted by molar-refractivity contribution is 7.89. The second-order valence-corrected chi connectivity index (χ2v) is 7.11. The highest BCUT2D eigenvalue weighted by Gasteiger charge is 2.18. The van der Waals surface area contributed by atoms with Crippen LogP contribution in [-0.2, 0) is 10.0 Å². The number of nitrogens with zero attached hydrogens (tertiary/aromatic N) is 1. The first-order valence-corrected chi connectivity index (χ1v) is 8.86. The van der Waals surface area contributed by atoms with E-state index in [-0.39, 0.29) is 15.6 Å². The van der Waals surface area contributed by atoms with E-state index in [2.05, 4.69) is 10.4 Å². The second kappa shape index (κ2) is 6.75. The van der Waals surface area contributed by atoms with Crippen molar-refractivity contribution in [3.8, 4) is 0 Å². The summed E-state index contributed by atoms with van der Waals surface area (Å²) >= 11 is 5.57. The fourth-order valence-corrected chi connectivity index (χ4v) is 3.18. The number of para-hydroxylation sites is 1. The molecule has 2 N–H and O–H groups in total. The summed E-state index contributed by atoms with van der Waals surface area (Å²) in [5.74, 6) is -1.48. The number of hydrazine groups is 1. The summed E-state index contributed by atoms with van der Waals surface area (Å²) in [4.78, 5) is 17.9. The van der Waals surface area contributed by atoms with E-state index in [0.29, 0.717) is 5.52 Å². The zero-order chi connectivity index (χ0) is 18.0. The van der Waals surface area contributed by atoms with Gasteiger partial charge in [0, 0.05) is 5.39 Å². The summed E-state index contributed by atoms with van der Waals surface area (Å²) in [7, 11) is -4.11. The van der Waals surface area contributed by atoms with E-state index in [1.54, 1.807) is 18.2 Å². The summed E-state index contributed by atoms with van der Waals surface area (Å²) in [5.41, 5.74) is 2.70. The molecule has 128 valence electrons. The monoisotopic (exact) mass is 379 g/mol. The van der Waals surface area contributed by atoms with Gasteiger partial charge < -0.3 is 0 Å². The number of hydrogen-bond donors (Lipinski definition) is 2. The van der Waals surface area contributed by atoms with E-state index in [4.69, 9.17) is 11.6 Å². The predicted molar refractivity (Wildman–Crippen MR) is 90.9 cm³/mol. The molecule has 0 fully saturated rings. The van der Waals surface area contributed by atoms with Crippen molar-refractivity contribution in [2.45, 2.75) is 4.90 Å². The normalized spacial score (nSPS) is 11.4. The Balaban J connectivity index is 1.77. The van der Waals surface area contributed by atoms with Gasteiger partial charge in [-0.25, -0.2) is 17.8 Å². The predicted octanol–water partition coefficient (Wildman–Crippen LogP) is 2.65. The van der Waals surface area contributed by atoms with Crippen LogP contribution in [0.15, 0.2) is 59.5 Å². The van der Waals surface area contributed by atoms with Crippen LogP contribution in [0.4, 0.5) is 4.39 Å². The van der Waals surface area contributed by atoms with Crippen LogP contribution in [-0.4, -0.2) is 19.3 Å². The molecule has 6 nitrogen and oxygen atoms in total. The number of amides is 1. The lowest BCUT2D eigenvalue weighted by molar-refractivity contribution is 0.0940. The van der Waals surface area contributed by atoms with Crippen LogP contribution in [0.25, 0.3) is 10.9 Å². The first kappa shape index (κ1) is 17.3.